The van der Waals surface area contributed by atoms with Crippen LogP contribution in [0, 0.1) is 0 Å². The van der Waals surface area contributed by atoms with Gasteiger partial charge in [-0.3, -0.25) is 9.59 Å². The monoisotopic (exact) mass is 459 g/mol. The number of nitrogens with zero attached hydrogens (tertiary/aromatic N) is 2. The lowest BCUT2D eigenvalue weighted by atomic mass is 9.78. The van der Waals surface area contributed by atoms with Crippen molar-refractivity contribution in [2.24, 2.45) is 0 Å². The summed E-state index contributed by atoms with van der Waals surface area (Å²) in [7, 11) is 3.59. The Kier molecular flexibility index (Phi) is 6.42. The highest BCUT2D eigenvalue weighted by Crippen LogP contribution is 2.45. The lowest BCUT2D eigenvalue weighted by molar-refractivity contribution is -0.136. The molecule has 0 bridgehead atoms. The van der Waals surface area contributed by atoms with Crippen LogP contribution in [0.1, 0.15) is 65.5 Å². The number of aromatic nitrogens is 1. The minimum atomic E-state index is -0.475. The predicted molar refractivity (Wildman–Crippen MR) is 133 cm³/mol. The summed E-state index contributed by atoms with van der Waals surface area (Å²) in [5.74, 6) is -0.436. The van der Waals surface area contributed by atoms with E-state index in [0.29, 0.717) is 18.7 Å². The summed E-state index contributed by atoms with van der Waals surface area (Å²) in [6.07, 6.45) is 7.61. The van der Waals surface area contributed by atoms with Crippen LogP contribution in [0.25, 0.3) is 10.9 Å². The van der Waals surface area contributed by atoms with E-state index in [1.165, 1.54) is 6.42 Å². The third kappa shape index (κ3) is 3.90. The summed E-state index contributed by atoms with van der Waals surface area (Å²) in [4.78, 5) is 35.2. The first-order valence-electron chi connectivity index (χ1n) is 12.3. The van der Waals surface area contributed by atoms with Crippen molar-refractivity contribution in [2.75, 3.05) is 27.3 Å². The van der Waals surface area contributed by atoms with Crippen molar-refractivity contribution >= 4 is 22.7 Å². The Balaban J connectivity index is 1.66. The third-order valence-corrected chi connectivity index (χ3v) is 7.65. The largest absolute Gasteiger partial charge is 0.383 e. The van der Waals surface area contributed by atoms with Crippen molar-refractivity contribution < 1.29 is 14.3 Å². The number of hydrogen-bond acceptors (Lipinski definition) is 3. The molecule has 6 heteroatoms. The summed E-state index contributed by atoms with van der Waals surface area (Å²) < 4.78 is 5.38. The van der Waals surface area contributed by atoms with Gasteiger partial charge >= 0.3 is 0 Å². The number of rotatable bonds is 6. The lowest BCUT2D eigenvalue weighted by Crippen LogP contribution is -2.50. The molecule has 1 saturated carbocycles. The van der Waals surface area contributed by atoms with Gasteiger partial charge in [0.1, 0.15) is 0 Å². The average Bonchev–Trinajstić information content (AvgIpc) is 3.31. The fourth-order valence-corrected chi connectivity index (χ4v) is 5.85. The van der Waals surface area contributed by atoms with Crippen molar-refractivity contribution in [3.63, 3.8) is 0 Å². The maximum atomic E-state index is 14.3. The molecule has 1 N–H and O–H groups in total. The van der Waals surface area contributed by atoms with Crippen LogP contribution in [0.2, 0.25) is 0 Å². The normalized spacial score (nSPS) is 21.0. The molecule has 3 aromatic rings. The highest BCUT2D eigenvalue weighted by atomic mass is 16.5. The Morgan fingerprint density at radius 2 is 1.79 bits per heavy atom. The van der Waals surface area contributed by atoms with Gasteiger partial charge in [0.05, 0.1) is 18.6 Å². The number of carbonyl (C=O) groups is 2. The van der Waals surface area contributed by atoms with E-state index < -0.39 is 12.0 Å². The minimum absolute atomic E-state index is 0.0488. The van der Waals surface area contributed by atoms with Gasteiger partial charge in [-0.1, -0.05) is 55.7 Å². The molecule has 1 aromatic heterocycles. The van der Waals surface area contributed by atoms with E-state index in [1.807, 2.05) is 65.5 Å². The number of para-hydroxylation sites is 1. The Bertz CT molecular complexity index is 1180. The van der Waals surface area contributed by atoms with Gasteiger partial charge < -0.3 is 19.5 Å². The smallest absolute Gasteiger partial charge is 0.254 e. The first-order valence-corrected chi connectivity index (χ1v) is 12.3. The molecule has 34 heavy (non-hydrogen) atoms. The zero-order valence-corrected chi connectivity index (χ0v) is 20.0. The summed E-state index contributed by atoms with van der Waals surface area (Å²) in [5, 5.41) is 1.04. The highest BCUT2D eigenvalue weighted by molar-refractivity contribution is 6.02. The number of fused-ring (bicyclic) bond motifs is 2. The molecule has 0 spiro atoms. The molecule has 178 valence electrons. The number of aromatic amines is 1. The second-order valence-corrected chi connectivity index (χ2v) is 9.53. The number of amides is 2. The van der Waals surface area contributed by atoms with Crippen molar-refractivity contribution in [3.05, 3.63) is 71.4 Å². The van der Waals surface area contributed by atoms with E-state index in [9.17, 15) is 9.59 Å². The molecule has 1 fully saturated rings. The molecule has 2 heterocycles. The number of nitrogens with one attached hydrogen (secondary N) is 1. The van der Waals surface area contributed by atoms with E-state index in [1.54, 1.807) is 7.11 Å². The molecule has 6 nitrogen and oxygen atoms in total. The molecule has 0 saturated heterocycles. The van der Waals surface area contributed by atoms with Gasteiger partial charge in [0, 0.05) is 55.0 Å². The first-order chi connectivity index (χ1) is 16.6. The van der Waals surface area contributed by atoms with Crippen LogP contribution in [0.15, 0.2) is 54.7 Å². The molecule has 1 aliphatic heterocycles. The average molecular weight is 460 g/mol. The number of hydrogen-bond donors (Lipinski definition) is 1. The molecule has 5 rings (SSSR count). The maximum Gasteiger partial charge on any atom is 0.254 e. The standard InChI is InChI=1S/C28H33N3O3/c1-30(19-10-4-3-5-11-19)28(33)25-21-13-6-7-14-22(21)27(32)31(16-17-34-2)26(25)23-18-29-24-15-9-8-12-20(23)24/h6-9,12-15,18-19,25-26,29H,3-5,10-11,16-17H2,1-2H3. The van der Waals surface area contributed by atoms with E-state index in [-0.39, 0.29) is 17.9 Å². The number of carbonyl (C=O) groups excluding carboxylic acids is 2. The van der Waals surface area contributed by atoms with Crippen molar-refractivity contribution in [1.82, 2.24) is 14.8 Å². The highest BCUT2D eigenvalue weighted by Gasteiger charge is 2.46. The van der Waals surface area contributed by atoms with Crippen molar-refractivity contribution in [2.45, 2.75) is 50.1 Å². The summed E-state index contributed by atoms with van der Waals surface area (Å²) >= 11 is 0. The van der Waals surface area contributed by atoms with Crippen LogP contribution >= 0.6 is 0 Å². The van der Waals surface area contributed by atoms with Crippen LogP contribution in [0.4, 0.5) is 0 Å². The number of H-pyrrole nitrogens is 1. The topological polar surface area (TPSA) is 65.6 Å². The summed E-state index contributed by atoms with van der Waals surface area (Å²) in [5.41, 5.74) is 3.42. The Labute approximate surface area is 200 Å². The second-order valence-electron chi connectivity index (χ2n) is 9.53. The zero-order chi connectivity index (χ0) is 23.7. The zero-order valence-electron chi connectivity index (χ0n) is 20.0. The number of ether oxygens (including phenoxy) is 1. The van der Waals surface area contributed by atoms with Crippen LogP contribution in [-0.2, 0) is 9.53 Å². The molecule has 0 radical (unpaired) electrons. The molecule has 2 aromatic carbocycles. The van der Waals surface area contributed by atoms with Crippen LogP contribution in [0.3, 0.4) is 0 Å². The summed E-state index contributed by atoms with van der Waals surface area (Å²) in [6.45, 7) is 0.830. The Morgan fingerprint density at radius 1 is 1.06 bits per heavy atom. The quantitative estimate of drug-likeness (QED) is 0.571. The van der Waals surface area contributed by atoms with E-state index >= 15 is 0 Å². The predicted octanol–water partition coefficient (Wildman–Crippen LogP) is 4.89. The Hall–Kier alpha value is -3.12. The third-order valence-electron chi connectivity index (χ3n) is 7.65. The lowest BCUT2D eigenvalue weighted by Gasteiger charge is -2.44. The van der Waals surface area contributed by atoms with Gasteiger partial charge in [0.15, 0.2) is 0 Å². The first kappa shape index (κ1) is 22.7. The summed E-state index contributed by atoms with van der Waals surface area (Å²) in [6, 6.07) is 15.6. The fraction of sp³-hybridized carbons (Fsp3) is 0.429. The second kappa shape index (κ2) is 9.63. The van der Waals surface area contributed by atoms with Crippen LogP contribution < -0.4 is 0 Å². The molecule has 2 atom stereocenters. The number of likely N-dealkylation sites (N-methyl/N-ethyl adjacent to an activating group) is 1. The van der Waals surface area contributed by atoms with Gasteiger partial charge in [-0.15, -0.1) is 0 Å². The van der Waals surface area contributed by atoms with Crippen molar-refractivity contribution in [3.8, 4) is 0 Å². The van der Waals surface area contributed by atoms with Gasteiger partial charge in [-0.2, -0.15) is 0 Å². The van der Waals surface area contributed by atoms with E-state index in [0.717, 1.165) is 47.7 Å². The minimum Gasteiger partial charge on any atom is -0.383 e. The van der Waals surface area contributed by atoms with E-state index in [4.69, 9.17) is 4.74 Å². The molecular weight excluding hydrogens is 426 g/mol. The van der Waals surface area contributed by atoms with Crippen LogP contribution in [-0.4, -0.2) is 59.9 Å². The number of methoxy groups -OCH3 is 1. The van der Waals surface area contributed by atoms with Gasteiger partial charge in [-0.25, -0.2) is 0 Å². The molecule has 2 aliphatic rings. The van der Waals surface area contributed by atoms with Crippen molar-refractivity contribution in [1.29, 1.82) is 0 Å². The fourth-order valence-electron chi connectivity index (χ4n) is 5.85. The van der Waals surface area contributed by atoms with Gasteiger partial charge in [-0.05, 0) is 30.5 Å². The molecule has 1 aliphatic carbocycles. The van der Waals surface area contributed by atoms with Gasteiger partial charge in [0.25, 0.3) is 5.91 Å². The Morgan fingerprint density at radius 3 is 2.59 bits per heavy atom. The van der Waals surface area contributed by atoms with Gasteiger partial charge in [0.2, 0.25) is 5.91 Å². The van der Waals surface area contributed by atoms with E-state index in [2.05, 4.69) is 11.1 Å². The maximum absolute atomic E-state index is 14.3. The molecule has 2 unspecified atom stereocenters. The van der Waals surface area contributed by atoms with Crippen LogP contribution in [0.5, 0.6) is 0 Å². The number of benzene rings is 2. The SMILES string of the molecule is COCCN1C(=O)c2ccccc2C(C(=O)N(C)C2CCCCC2)C1c1c[nH]c2ccccc12. The molecular formula is C28H33N3O3. The molecule has 2 amide bonds.